The van der Waals surface area contributed by atoms with E-state index in [0.717, 1.165) is 19.3 Å². The molecule has 6 heteroatoms. The highest BCUT2D eigenvalue weighted by Gasteiger charge is 2.08. The molecule has 1 aromatic rings. The van der Waals surface area contributed by atoms with Crippen molar-refractivity contribution in [3.8, 4) is 0 Å². The second-order valence-corrected chi connectivity index (χ2v) is 2.95. The van der Waals surface area contributed by atoms with Crippen LogP contribution >= 0.6 is 0 Å². The first-order valence-corrected chi connectivity index (χ1v) is 4.34. The van der Waals surface area contributed by atoms with Crippen LogP contribution in [0.3, 0.4) is 0 Å². The molecule has 1 aromatic heterocycles. The zero-order valence-corrected chi connectivity index (χ0v) is 7.42. The summed E-state index contributed by atoms with van der Waals surface area (Å²) in [5.74, 6) is 0.516. The summed E-state index contributed by atoms with van der Waals surface area (Å²) < 4.78 is 0. The molecular weight excluding hydrogens is 170 g/mol. The summed E-state index contributed by atoms with van der Waals surface area (Å²) in [6.45, 7) is 0.670. The molecule has 1 rings (SSSR count). The van der Waals surface area contributed by atoms with Crippen LogP contribution in [-0.2, 0) is 0 Å². The number of unbranched alkanes of at least 4 members (excludes halogenated alkanes) is 1. The SMILES string of the molecule is NCCCC[C@H](N)c1n[nH]c(=O)[nH]1. The summed E-state index contributed by atoms with van der Waals surface area (Å²) >= 11 is 0. The lowest BCUT2D eigenvalue weighted by molar-refractivity contribution is 0.567. The normalized spacial score (nSPS) is 13.1. The standard InChI is InChI=1S/C7H15N5O/c8-4-2-1-3-5(9)6-10-7(13)12-11-6/h5H,1-4,8-9H2,(H2,10,11,12,13)/t5-/m0/s1. The number of nitrogens with one attached hydrogen (secondary N) is 2. The van der Waals surface area contributed by atoms with E-state index < -0.39 is 0 Å². The summed E-state index contributed by atoms with van der Waals surface area (Å²) in [6, 6.07) is -0.203. The van der Waals surface area contributed by atoms with Crippen LogP contribution in [-0.4, -0.2) is 21.7 Å². The molecule has 0 spiro atoms. The van der Waals surface area contributed by atoms with Crippen LogP contribution in [0.2, 0.25) is 0 Å². The third kappa shape index (κ3) is 3.00. The van der Waals surface area contributed by atoms with E-state index in [1.165, 1.54) is 0 Å². The summed E-state index contributed by atoms with van der Waals surface area (Å²) in [5.41, 5.74) is 10.8. The summed E-state index contributed by atoms with van der Waals surface area (Å²) in [4.78, 5) is 13.2. The van der Waals surface area contributed by atoms with Crippen molar-refractivity contribution in [2.75, 3.05) is 6.54 Å². The highest BCUT2D eigenvalue weighted by atomic mass is 16.1. The van der Waals surface area contributed by atoms with Crippen molar-refractivity contribution < 1.29 is 0 Å². The Bertz CT molecular complexity index is 291. The summed E-state index contributed by atoms with van der Waals surface area (Å²) in [5, 5.41) is 6.02. The highest BCUT2D eigenvalue weighted by molar-refractivity contribution is 4.89. The lowest BCUT2D eigenvalue weighted by atomic mass is 10.1. The molecule has 0 aliphatic heterocycles. The van der Waals surface area contributed by atoms with E-state index in [1.807, 2.05) is 0 Å². The van der Waals surface area contributed by atoms with Crippen LogP contribution in [0, 0.1) is 0 Å². The van der Waals surface area contributed by atoms with Gasteiger partial charge in [-0.25, -0.2) is 9.89 Å². The molecule has 74 valence electrons. The molecule has 6 N–H and O–H groups in total. The predicted octanol–water partition coefficient (Wildman–Crippen LogP) is -0.773. The van der Waals surface area contributed by atoms with Crippen molar-refractivity contribution in [2.24, 2.45) is 11.5 Å². The molecule has 0 saturated heterocycles. The molecule has 0 radical (unpaired) electrons. The van der Waals surface area contributed by atoms with Crippen molar-refractivity contribution in [2.45, 2.75) is 25.3 Å². The molecule has 1 heterocycles. The number of aromatic amines is 2. The molecule has 13 heavy (non-hydrogen) atoms. The lowest BCUT2D eigenvalue weighted by Gasteiger charge is -2.06. The van der Waals surface area contributed by atoms with E-state index in [-0.39, 0.29) is 11.7 Å². The zero-order valence-electron chi connectivity index (χ0n) is 7.42. The van der Waals surface area contributed by atoms with Gasteiger partial charge < -0.3 is 11.5 Å². The minimum absolute atomic E-state index is 0.203. The molecule has 0 aromatic carbocycles. The maximum Gasteiger partial charge on any atom is 0.340 e. The molecule has 0 bridgehead atoms. The fourth-order valence-corrected chi connectivity index (χ4v) is 1.10. The number of rotatable bonds is 5. The summed E-state index contributed by atoms with van der Waals surface area (Å²) in [6.07, 6.45) is 2.69. The Kier molecular flexibility index (Phi) is 3.66. The van der Waals surface area contributed by atoms with Gasteiger partial charge in [-0.1, -0.05) is 6.42 Å². The van der Waals surface area contributed by atoms with Crippen molar-refractivity contribution in [3.63, 3.8) is 0 Å². The largest absolute Gasteiger partial charge is 0.340 e. The fourth-order valence-electron chi connectivity index (χ4n) is 1.10. The van der Waals surface area contributed by atoms with E-state index in [9.17, 15) is 4.79 Å². The van der Waals surface area contributed by atoms with Crippen molar-refractivity contribution in [1.82, 2.24) is 15.2 Å². The number of hydrogen-bond acceptors (Lipinski definition) is 4. The Morgan fingerprint density at radius 2 is 2.23 bits per heavy atom. The Hall–Kier alpha value is -1.14. The third-order valence-electron chi connectivity index (χ3n) is 1.84. The molecule has 0 fully saturated rings. The van der Waals surface area contributed by atoms with Gasteiger partial charge in [-0.3, -0.25) is 4.98 Å². The molecule has 6 nitrogen and oxygen atoms in total. The lowest BCUT2D eigenvalue weighted by Crippen LogP contribution is -2.13. The Morgan fingerprint density at radius 1 is 1.46 bits per heavy atom. The van der Waals surface area contributed by atoms with Crippen LogP contribution in [0.5, 0.6) is 0 Å². The van der Waals surface area contributed by atoms with Gasteiger partial charge in [0.05, 0.1) is 6.04 Å². The Balaban J connectivity index is 2.39. The minimum atomic E-state index is -0.315. The number of hydrogen-bond donors (Lipinski definition) is 4. The first-order chi connectivity index (χ1) is 6.24. The second kappa shape index (κ2) is 4.78. The van der Waals surface area contributed by atoms with Crippen molar-refractivity contribution in [1.29, 1.82) is 0 Å². The molecule has 1 atom stereocenters. The number of nitrogens with zero attached hydrogens (tertiary/aromatic N) is 1. The van der Waals surface area contributed by atoms with Gasteiger partial charge in [-0.05, 0) is 19.4 Å². The maximum atomic E-state index is 10.7. The second-order valence-electron chi connectivity index (χ2n) is 2.95. The smallest absolute Gasteiger partial charge is 0.330 e. The van der Waals surface area contributed by atoms with Crippen LogP contribution in [0.4, 0.5) is 0 Å². The zero-order chi connectivity index (χ0) is 9.68. The van der Waals surface area contributed by atoms with Crippen molar-refractivity contribution >= 4 is 0 Å². The Morgan fingerprint density at radius 3 is 2.77 bits per heavy atom. The fraction of sp³-hybridized carbons (Fsp3) is 0.714. The van der Waals surface area contributed by atoms with Gasteiger partial charge in [0.1, 0.15) is 5.82 Å². The average Bonchev–Trinajstić information content (AvgIpc) is 2.52. The highest BCUT2D eigenvalue weighted by Crippen LogP contribution is 2.09. The van der Waals surface area contributed by atoms with E-state index in [4.69, 9.17) is 11.5 Å². The monoisotopic (exact) mass is 185 g/mol. The molecular formula is C7H15N5O. The van der Waals surface area contributed by atoms with Crippen LogP contribution in [0.15, 0.2) is 4.79 Å². The van der Waals surface area contributed by atoms with E-state index >= 15 is 0 Å². The molecule has 0 amide bonds. The van der Waals surface area contributed by atoms with E-state index in [0.29, 0.717) is 12.4 Å². The number of nitrogens with two attached hydrogens (primary N) is 2. The van der Waals surface area contributed by atoms with Gasteiger partial charge in [0.2, 0.25) is 0 Å². The third-order valence-corrected chi connectivity index (χ3v) is 1.84. The average molecular weight is 185 g/mol. The van der Waals surface area contributed by atoms with E-state index in [2.05, 4.69) is 15.2 Å². The van der Waals surface area contributed by atoms with Gasteiger partial charge in [0, 0.05) is 0 Å². The topological polar surface area (TPSA) is 114 Å². The molecule has 0 saturated carbocycles. The van der Waals surface area contributed by atoms with Gasteiger partial charge in [-0.15, -0.1) is 0 Å². The van der Waals surface area contributed by atoms with Crippen LogP contribution in [0.1, 0.15) is 31.1 Å². The molecule has 0 aliphatic rings. The molecule has 0 aliphatic carbocycles. The summed E-state index contributed by atoms with van der Waals surface area (Å²) in [7, 11) is 0. The Labute approximate surface area is 75.7 Å². The first-order valence-electron chi connectivity index (χ1n) is 4.34. The minimum Gasteiger partial charge on any atom is -0.330 e. The number of aromatic nitrogens is 3. The van der Waals surface area contributed by atoms with Crippen LogP contribution < -0.4 is 17.2 Å². The van der Waals surface area contributed by atoms with Gasteiger partial charge in [0.25, 0.3) is 0 Å². The molecule has 0 unspecified atom stereocenters. The first kappa shape index (κ1) is 9.94. The number of H-pyrrole nitrogens is 2. The van der Waals surface area contributed by atoms with Crippen molar-refractivity contribution in [3.05, 3.63) is 16.3 Å². The van der Waals surface area contributed by atoms with Gasteiger partial charge >= 0.3 is 5.69 Å². The predicted molar refractivity (Wildman–Crippen MR) is 49.0 cm³/mol. The maximum absolute atomic E-state index is 10.7. The van der Waals surface area contributed by atoms with Crippen LogP contribution in [0.25, 0.3) is 0 Å². The van der Waals surface area contributed by atoms with Gasteiger partial charge in [0.15, 0.2) is 0 Å². The van der Waals surface area contributed by atoms with Gasteiger partial charge in [-0.2, -0.15) is 5.10 Å². The van der Waals surface area contributed by atoms with E-state index in [1.54, 1.807) is 0 Å². The quantitative estimate of drug-likeness (QED) is 0.451.